The fourth-order valence-electron chi connectivity index (χ4n) is 2.68. The van der Waals surface area contributed by atoms with E-state index >= 15 is 0 Å². The molecule has 1 aliphatic rings. The number of carbonyl (C=O) groups is 1. The summed E-state index contributed by atoms with van der Waals surface area (Å²) in [4.78, 5) is 13.4. The molecule has 0 saturated carbocycles. The number of nitrogens with one attached hydrogen (secondary N) is 2. The lowest BCUT2D eigenvalue weighted by molar-refractivity contribution is -0.0394. The molecule has 2 N–H and O–H groups in total. The number of anilines is 1. The van der Waals surface area contributed by atoms with Crippen molar-refractivity contribution in [2.45, 2.75) is 25.5 Å². The van der Waals surface area contributed by atoms with Gasteiger partial charge < -0.3 is 10.1 Å². The van der Waals surface area contributed by atoms with Crippen LogP contribution in [0.4, 0.5) is 5.69 Å². The first-order valence-electron chi connectivity index (χ1n) is 7.86. The lowest BCUT2D eigenvalue weighted by Crippen LogP contribution is -2.18. The summed E-state index contributed by atoms with van der Waals surface area (Å²) in [6, 6.07) is 5.69. The predicted molar refractivity (Wildman–Crippen MR) is 90.9 cm³/mol. The molecule has 0 bridgehead atoms. The van der Waals surface area contributed by atoms with Crippen molar-refractivity contribution >= 4 is 22.9 Å². The van der Waals surface area contributed by atoms with Crippen molar-refractivity contribution in [1.29, 1.82) is 0 Å². The number of H-pyrrole nitrogens is 1. The second-order valence-corrected chi connectivity index (χ2v) is 6.58. The number of nitrogens with zero attached hydrogens (tertiary/aromatic N) is 3. The number of carbonyl (C=O) groups excluding carboxylic acids is 1. The Hall–Kier alpha value is -2.45. The smallest absolute Gasteiger partial charge is 0.276 e. The Morgan fingerprint density at radius 3 is 3.21 bits per heavy atom. The summed E-state index contributed by atoms with van der Waals surface area (Å²) in [6.07, 6.45) is 6.54. The van der Waals surface area contributed by atoms with Crippen LogP contribution in [0, 0.1) is 0 Å². The molecular weight excluding hydrogens is 326 g/mol. The van der Waals surface area contributed by atoms with Gasteiger partial charge in [0.05, 0.1) is 28.7 Å². The average molecular weight is 343 g/mol. The first-order chi connectivity index (χ1) is 11.8. The quantitative estimate of drug-likeness (QED) is 0.761. The van der Waals surface area contributed by atoms with Gasteiger partial charge >= 0.3 is 0 Å². The summed E-state index contributed by atoms with van der Waals surface area (Å²) in [7, 11) is 0. The number of aromatic nitrogens is 4. The maximum absolute atomic E-state index is 12.3. The van der Waals surface area contributed by atoms with E-state index in [1.807, 2.05) is 17.5 Å². The molecule has 4 rings (SSSR count). The van der Waals surface area contributed by atoms with E-state index in [1.54, 1.807) is 34.5 Å². The van der Waals surface area contributed by atoms with Crippen LogP contribution in [0.3, 0.4) is 0 Å². The van der Waals surface area contributed by atoms with Crippen LogP contribution >= 0.6 is 11.3 Å². The highest BCUT2D eigenvalue weighted by atomic mass is 32.1. The van der Waals surface area contributed by atoms with Crippen molar-refractivity contribution in [3.63, 3.8) is 0 Å². The lowest BCUT2D eigenvalue weighted by Gasteiger charge is -2.22. The summed E-state index contributed by atoms with van der Waals surface area (Å²) in [6.45, 7) is 0.755. The normalized spacial score (nSPS) is 17.8. The topological polar surface area (TPSA) is 84.8 Å². The van der Waals surface area contributed by atoms with Crippen LogP contribution in [-0.4, -0.2) is 32.5 Å². The molecule has 124 valence electrons. The zero-order chi connectivity index (χ0) is 16.4. The highest BCUT2D eigenvalue weighted by molar-refractivity contribution is 7.13. The van der Waals surface area contributed by atoms with E-state index in [1.165, 1.54) is 0 Å². The number of ether oxygens (including phenoxy) is 1. The number of amides is 1. The van der Waals surface area contributed by atoms with Gasteiger partial charge in [0.15, 0.2) is 5.69 Å². The van der Waals surface area contributed by atoms with E-state index in [4.69, 9.17) is 4.74 Å². The van der Waals surface area contributed by atoms with Crippen LogP contribution < -0.4 is 5.32 Å². The van der Waals surface area contributed by atoms with Gasteiger partial charge in [0.2, 0.25) is 0 Å². The molecule has 1 saturated heterocycles. The molecule has 7 nitrogen and oxygen atoms in total. The van der Waals surface area contributed by atoms with E-state index in [9.17, 15) is 4.79 Å². The SMILES string of the molecule is O=C(Nc1cnn(C2CCCCO2)c1)c1cc(-c2cccs2)[nH]n1. The first kappa shape index (κ1) is 15.1. The number of rotatable bonds is 4. The highest BCUT2D eigenvalue weighted by Crippen LogP contribution is 2.24. The van der Waals surface area contributed by atoms with Crippen molar-refractivity contribution in [3.8, 4) is 10.6 Å². The second kappa shape index (κ2) is 6.58. The minimum atomic E-state index is -0.266. The Balaban J connectivity index is 1.43. The molecule has 0 aromatic carbocycles. The van der Waals surface area contributed by atoms with Gasteiger partial charge in [-0.15, -0.1) is 11.3 Å². The maximum Gasteiger partial charge on any atom is 0.276 e. The molecule has 8 heteroatoms. The van der Waals surface area contributed by atoms with Gasteiger partial charge in [-0.25, -0.2) is 4.68 Å². The van der Waals surface area contributed by atoms with E-state index in [2.05, 4.69) is 20.6 Å². The van der Waals surface area contributed by atoms with Crippen molar-refractivity contribution < 1.29 is 9.53 Å². The molecular formula is C16H17N5O2S. The molecule has 3 aromatic rings. The summed E-state index contributed by atoms with van der Waals surface area (Å²) < 4.78 is 7.44. The van der Waals surface area contributed by atoms with Gasteiger partial charge in [-0.3, -0.25) is 9.89 Å². The van der Waals surface area contributed by atoms with E-state index in [0.29, 0.717) is 11.4 Å². The third-order valence-electron chi connectivity index (χ3n) is 3.91. The molecule has 0 spiro atoms. The number of hydrogen-bond donors (Lipinski definition) is 2. The molecule has 1 unspecified atom stereocenters. The maximum atomic E-state index is 12.3. The van der Waals surface area contributed by atoms with Crippen molar-refractivity contribution in [1.82, 2.24) is 20.0 Å². The molecule has 4 heterocycles. The number of hydrogen-bond acceptors (Lipinski definition) is 5. The lowest BCUT2D eigenvalue weighted by atomic mass is 10.2. The van der Waals surface area contributed by atoms with Crippen LogP contribution in [0.2, 0.25) is 0 Å². The molecule has 3 aromatic heterocycles. The number of thiophene rings is 1. The van der Waals surface area contributed by atoms with Crippen LogP contribution in [0.25, 0.3) is 10.6 Å². The van der Waals surface area contributed by atoms with E-state index in [-0.39, 0.29) is 12.1 Å². The standard InChI is InChI=1S/C16H17N5O2S/c22-16(13-8-12(19-20-13)14-4-3-7-24-14)18-11-9-17-21(10-11)15-5-1-2-6-23-15/h3-4,7-10,15H,1-2,5-6H2,(H,18,22)(H,19,20). The minimum absolute atomic E-state index is 0.0415. The molecule has 1 fully saturated rings. The van der Waals surface area contributed by atoms with Gasteiger partial charge in [-0.1, -0.05) is 6.07 Å². The molecule has 1 aliphatic heterocycles. The number of aromatic amines is 1. The zero-order valence-corrected chi connectivity index (χ0v) is 13.8. The Kier molecular flexibility index (Phi) is 4.14. The van der Waals surface area contributed by atoms with Gasteiger partial charge in [-0.2, -0.15) is 10.2 Å². The first-order valence-corrected chi connectivity index (χ1v) is 8.74. The zero-order valence-electron chi connectivity index (χ0n) is 12.9. The summed E-state index contributed by atoms with van der Waals surface area (Å²) in [5.41, 5.74) is 1.82. The van der Waals surface area contributed by atoms with Crippen LogP contribution in [0.5, 0.6) is 0 Å². The monoisotopic (exact) mass is 343 g/mol. The fraction of sp³-hybridized carbons (Fsp3) is 0.312. The van der Waals surface area contributed by atoms with E-state index < -0.39 is 0 Å². The fourth-order valence-corrected chi connectivity index (χ4v) is 3.38. The summed E-state index contributed by atoms with van der Waals surface area (Å²) >= 11 is 1.59. The molecule has 1 amide bonds. The van der Waals surface area contributed by atoms with Gasteiger partial charge in [-0.05, 0) is 36.8 Å². The highest BCUT2D eigenvalue weighted by Gasteiger charge is 2.18. The molecule has 24 heavy (non-hydrogen) atoms. The summed E-state index contributed by atoms with van der Waals surface area (Å²) in [5.74, 6) is -0.266. The Morgan fingerprint density at radius 1 is 1.46 bits per heavy atom. The van der Waals surface area contributed by atoms with Crippen molar-refractivity contribution in [2.24, 2.45) is 0 Å². The molecule has 1 atom stereocenters. The summed E-state index contributed by atoms with van der Waals surface area (Å²) in [5, 5.41) is 16.1. The Labute approximate surface area is 142 Å². The largest absolute Gasteiger partial charge is 0.357 e. The van der Waals surface area contributed by atoms with Crippen molar-refractivity contribution in [3.05, 3.63) is 41.7 Å². The average Bonchev–Trinajstić information content (AvgIpc) is 3.36. The minimum Gasteiger partial charge on any atom is -0.357 e. The van der Waals surface area contributed by atoms with Crippen LogP contribution in [0.1, 0.15) is 36.0 Å². The van der Waals surface area contributed by atoms with Gasteiger partial charge in [0, 0.05) is 6.61 Å². The molecule has 0 radical (unpaired) electrons. The van der Waals surface area contributed by atoms with Gasteiger partial charge in [0.1, 0.15) is 6.23 Å². The Bertz CT molecular complexity index is 817. The predicted octanol–water partition coefficient (Wildman–Crippen LogP) is 3.29. The van der Waals surface area contributed by atoms with Gasteiger partial charge in [0.25, 0.3) is 5.91 Å². The van der Waals surface area contributed by atoms with Crippen LogP contribution in [0.15, 0.2) is 36.0 Å². The van der Waals surface area contributed by atoms with Crippen LogP contribution in [-0.2, 0) is 4.74 Å². The third kappa shape index (κ3) is 3.10. The van der Waals surface area contributed by atoms with E-state index in [0.717, 1.165) is 36.4 Å². The van der Waals surface area contributed by atoms with Crippen molar-refractivity contribution in [2.75, 3.05) is 11.9 Å². The Morgan fingerprint density at radius 2 is 2.42 bits per heavy atom. The molecule has 0 aliphatic carbocycles. The second-order valence-electron chi connectivity index (χ2n) is 5.63. The third-order valence-corrected chi connectivity index (χ3v) is 4.81.